The number of anilines is 2. The van der Waals surface area contributed by atoms with E-state index in [1.165, 1.54) is 18.2 Å². The van der Waals surface area contributed by atoms with Gasteiger partial charge in [0.25, 0.3) is 5.69 Å². The maximum absolute atomic E-state index is 10.7. The Kier molecular flexibility index (Phi) is 5.42. The Labute approximate surface area is 146 Å². The number of nitro benzene ring substituents is 1. The van der Waals surface area contributed by atoms with Crippen LogP contribution < -0.4 is 10.6 Å². The summed E-state index contributed by atoms with van der Waals surface area (Å²) in [5, 5.41) is 17.7. The number of nitro groups is 1. The first-order valence-corrected chi connectivity index (χ1v) is 7.38. The molecule has 0 aliphatic heterocycles. The summed E-state index contributed by atoms with van der Waals surface area (Å²) in [5.74, 6) is 0. The number of benzene rings is 2. The zero-order chi connectivity index (χ0) is 16.3. The Morgan fingerprint density at radius 1 is 1.00 bits per heavy atom. The van der Waals surface area contributed by atoms with E-state index in [0.29, 0.717) is 21.4 Å². The van der Waals surface area contributed by atoms with Crippen molar-refractivity contribution in [3.05, 3.63) is 61.6 Å². The topological polar surface area (TPSA) is 67.2 Å². The molecule has 0 saturated carbocycles. The Morgan fingerprint density at radius 2 is 1.68 bits per heavy atom. The summed E-state index contributed by atoms with van der Waals surface area (Å²) in [6, 6.07) is 8.93. The van der Waals surface area contributed by atoms with Crippen molar-refractivity contribution in [3.8, 4) is 0 Å². The van der Waals surface area contributed by atoms with Crippen LogP contribution in [0.25, 0.3) is 0 Å². The smallest absolute Gasteiger partial charge is 0.271 e. The molecule has 0 saturated heterocycles. The van der Waals surface area contributed by atoms with Crippen LogP contribution in [0, 0.1) is 10.1 Å². The molecule has 0 spiro atoms. The summed E-state index contributed by atoms with van der Waals surface area (Å²) < 4.78 is 0. The molecule has 0 radical (unpaired) electrons. The lowest BCUT2D eigenvalue weighted by atomic mass is 10.3. The first-order valence-electron chi connectivity index (χ1n) is 5.84. The van der Waals surface area contributed by atoms with E-state index in [9.17, 15) is 10.1 Å². The molecular weight excluding hydrogens is 369 g/mol. The van der Waals surface area contributed by atoms with Gasteiger partial charge in [-0.2, -0.15) is 0 Å². The first-order chi connectivity index (χ1) is 10.4. The van der Waals surface area contributed by atoms with Gasteiger partial charge in [-0.05, 0) is 36.5 Å². The van der Waals surface area contributed by atoms with Gasteiger partial charge in [0.15, 0.2) is 5.11 Å². The molecule has 0 bridgehead atoms. The van der Waals surface area contributed by atoms with Crippen molar-refractivity contribution < 1.29 is 4.92 Å². The summed E-state index contributed by atoms with van der Waals surface area (Å²) in [5.41, 5.74) is 0.861. The normalized spacial score (nSPS) is 10.1. The van der Waals surface area contributed by atoms with Crippen molar-refractivity contribution in [2.45, 2.75) is 0 Å². The predicted molar refractivity (Wildman–Crippen MR) is 94.4 cm³/mol. The van der Waals surface area contributed by atoms with Gasteiger partial charge < -0.3 is 10.6 Å². The van der Waals surface area contributed by atoms with Crippen LogP contribution in [0.2, 0.25) is 15.1 Å². The summed E-state index contributed by atoms with van der Waals surface area (Å²) in [6.07, 6.45) is 0. The van der Waals surface area contributed by atoms with E-state index in [1.807, 2.05) is 0 Å². The third-order valence-electron chi connectivity index (χ3n) is 2.59. The molecule has 2 aromatic rings. The molecule has 22 heavy (non-hydrogen) atoms. The fraction of sp³-hybridized carbons (Fsp3) is 0. The number of nitrogens with zero attached hydrogens (tertiary/aromatic N) is 1. The Balaban J connectivity index is 2.12. The number of halogens is 3. The van der Waals surface area contributed by atoms with Gasteiger partial charge in [0, 0.05) is 17.2 Å². The van der Waals surface area contributed by atoms with Gasteiger partial charge in [0.05, 0.1) is 26.3 Å². The minimum absolute atomic E-state index is 0.104. The van der Waals surface area contributed by atoms with Crippen LogP contribution in [-0.4, -0.2) is 10.0 Å². The molecule has 0 heterocycles. The molecule has 0 amide bonds. The number of hydrogen-bond donors (Lipinski definition) is 2. The number of nitrogens with one attached hydrogen (secondary N) is 2. The summed E-state index contributed by atoms with van der Waals surface area (Å²) in [7, 11) is 0. The summed E-state index contributed by atoms with van der Waals surface area (Å²) in [6.45, 7) is 0. The highest BCUT2D eigenvalue weighted by atomic mass is 35.5. The molecule has 2 rings (SSSR count). The minimum Gasteiger partial charge on any atom is -0.331 e. The minimum atomic E-state index is -0.530. The summed E-state index contributed by atoms with van der Waals surface area (Å²) in [4.78, 5) is 10.1. The molecular formula is C13H8Cl3N3O2S. The largest absolute Gasteiger partial charge is 0.331 e. The predicted octanol–water partition coefficient (Wildman–Crippen LogP) is 5.36. The summed E-state index contributed by atoms with van der Waals surface area (Å²) >= 11 is 23.0. The van der Waals surface area contributed by atoms with Crippen LogP contribution in [0.1, 0.15) is 0 Å². The molecule has 2 aromatic carbocycles. The maximum Gasteiger partial charge on any atom is 0.271 e. The second-order valence-corrected chi connectivity index (χ2v) is 5.78. The number of non-ortho nitro benzene ring substituents is 1. The van der Waals surface area contributed by atoms with Crippen LogP contribution in [0.4, 0.5) is 17.1 Å². The molecule has 5 nitrogen and oxygen atoms in total. The van der Waals surface area contributed by atoms with Gasteiger partial charge >= 0.3 is 0 Å². The molecule has 0 aromatic heterocycles. The standard InChI is InChI=1S/C13H8Cl3N3O2S/c14-7-1-3-9(15)12(5-7)18-13(22)17-11-4-2-8(19(20)21)6-10(11)16/h1-6H,(H2,17,18,22). The molecule has 0 unspecified atom stereocenters. The third kappa shape index (κ3) is 4.20. The second-order valence-electron chi connectivity index (χ2n) is 4.12. The van der Waals surface area contributed by atoms with Crippen molar-refractivity contribution in [2.75, 3.05) is 10.6 Å². The molecule has 114 valence electrons. The maximum atomic E-state index is 10.7. The SMILES string of the molecule is O=[N+]([O-])c1ccc(NC(=S)Nc2cc(Cl)ccc2Cl)c(Cl)c1. The highest BCUT2D eigenvalue weighted by Gasteiger charge is 2.11. The van der Waals surface area contributed by atoms with E-state index in [2.05, 4.69) is 10.6 Å². The Morgan fingerprint density at radius 3 is 2.32 bits per heavy atom. The van der Waals surface area contributed by atoms with Crippen LogP contribution >= 0.6 is 47.0 Å². The second kappa shape index (κ2) is 7.11. The fourth-order valence-electron chi connectivity index (χ4n) is 1.59. The van der Waals surface area contributed by atoms with Gasteiger partial charge in [0.1, 0.15) is 0 Å². The number of thiocarbonyl (C=S) groups is 1. The average Bonchev–Trinajstić information content (AvgIpc) is 2.45. The zero-order valence-corrected chi connectivity index (χ0v) is 13.9. The van der Waals surface area contributed by atoms with E-state index in [4.69, 9.17) is 47.0 Å². The van der Waals surface area contributed by atoms with Gasteiger partial charge in [-0.1, -0.05) is 34.8 Å². The van der Waals surface area contributed by atoms with Gasteiger partial charge in [-0.25, -0.2) is 0 Å². The van der Waals surface area contributed by atoms with Crippen LogP contribution in [-0.2, 0) is 0 Å². The monoisotopic (exact) mass is 375 g/mol. The third-order valence-corrected chi connectivity index (χ3v) is 3.67. The first kappa shape index (κ1) is 16.8. The van der Waals surface area contributed by atoms with Crippen molar-refractivity contribution in [3.63, 3.8) is 0 Å². The molecule has 0 atom stereocenters. The quantitative estimate of drug-likeness (QED) is 0.428. The fourth-order valence-corrected chi connectivity index (χ4v) is 2.37. The van der Waals surface area contributed by atoms with Gasteiger partial charge in [0.2, 0.25) is 0 Å². The molecule has 9 heteroatoms. The molecule has 0 fully saturated rings. The Hall–Kier alpha value is -1.60. The van der Waals surface area contributed by atoms with E-state index < -0.39 is 4.92 Å². The lowest BCUT2D eigenvalue weighted by Crippen LogP contribution is -2.19. The van der Waals surface area contributed by atoms with Crippen molar-refractivity contribution >= 4 is 69.2 Å². The highest BCUT2D eigenvalue weighted by Crippen LogP contribution is 2.28. The number of rotatable bonds is 3. The van der Waals surface area contributed by atoms with Crippen molar-refractivity contribution in [1.29, 1.82) is 0 Å². The van der Waals surface area contributed by atoms with E-state index in [0.717, 1.165) is 0 Å². The van der Waals surface area contributed by atoms with Crippen LogP contribution in [0.3, 0.4) is 0 Å². The zero-order valence-electron chi connectivity index (χ0n) is 10.8. The van der Waals surface area contributed by atoms with E-state index >= 15 is 0 Å². The van der Waals surface area contributed by atoms with E-state index in [1.54, 1.807) is 18.2 Å². The highest BCUT2D eigenvalue weighted by molar-refractivity contribution is 7.80. The van der Waals surface area contributed by atoms with Crippen molar-refractivity contribution in [2.24, 2.45) is 0 Å². The van der Waals surface area contributed by atoms with Crippen molar-refractivity contribution in [1.82, 2.24) is 0 Å². The molecule has 2 N–H and O–H groups in total. The van der Waals surface area contributed by atoms with E-state index in [-0.39, 0.29) is 15.8 Å². The average molecular weight is 377 g/mol. The number of hydrogen-bond acceptors (Lipinski definition) is 3. The molecule has 0 aliphatic carbocycles. The Bertz CT molecular complexity index is 755. The van der Waals surface area contributed by atoms with Gasteiger partial charge in [-0.15, -0.1) is 0 Å². The van der Waals surface area contributed by atoms with Crippen LogP contribution in [0.15, 0.2) is 36.4 Å². The lowest BCUT2D eigenvalue weighted by Gasteiger charge is -2.13. The molecule has 0 aliphatic rings. The lowest BCUT2D eigenvalue weighted by molar-refractivity contribution is -0.384. The van der Waals surface area contributed by atoms with Gasteiger partial charge in [-0.3, -0.25) is 10.1 Å². The van der Waals surface area contributed by atoms with Crippen LogP contribution in [0.5, 0.6) is 0 Å².